The highest BCUT2D eigenvalue weighted by Gasteiger charge is 2.33. The molecule has 0 spiro atoms. The average molecular weight is 829 g/mol. The van der Waals surface area contributed by atoms with Crippen molar-refractivity contribution in [3.05, 3.63) is 94.9 Å². The zero-order valence-corrected chi connectivity index (χ0v) is 34.6. The Morgan fingerprint density at radius 2 is 1.64 bits per heavy atom. The summed E-state index contributed by atoms with van der Waals surface area (Å²) in [5.74, 6) is -0.235. The molecule has 0 radical (unpaired) electrons. The average Bonchev–Trinajstić information content (AvgIpc) is 3.60. The Morgan fingerprint density at radius 3 is 2.41 bits per heavy atom. The summed E-state index contributed by atoms with van der Waals surface area (Å²) in [6, 6.07) is 18.7. The van der Waals surface area contributed by atoms with Gasteiger partial charge in [0.15, 0.2) is 5.82 Å². The topological polar surface area (TPSA) is 159 Å². The fourth-order valence-corrected chi connectivity index (χ4v) is 9.81. The van der Waals surface area contributed by atoms with E-state index < -0.39 is 11.7 Å². The van der Waals surface area contributed by atoms with Crippen LogP contribution in [0.1, 0.15) is 75.8 Å². The first kappa shape index (κ1) is 40.4. The zero-order valence-electron chi connectivity index (χ0n) is 34.6. The lowest BCUT2D eigenvalue weighted by atomic mass is 9.81. The number of piperidine rings is 1. The van der Waals surface area contributed by atoms with Crippen molar-refractivity contribution in [2.24, 2.45) is 18.9 Å². The van der Waals surface area contributed by atoms with Crippen molar-refractivity contribution >= 4 is 40.3 Å². The van der Waals surface area contributed by atoms with Crippen LogP contribution in [0, 0.1) is 17.7 Å². The van der Waals surface area contributed by atoms with Crippen LogP contribution in [0.3, 0.4) is 0 Å². The van der Waals surface area contributed by atoms with E-state index in [1.165, 1.54) is 16.8 Å². The Balaban J connectivity index is 0.703. The molecule has 318 valence electrons. The maximum atomic E-state index is 15.0. The van der Waals surface area contributed by atoms with Gasteiger partial charge in [-0.3, -0.25) is 38.6 Å². The van der Waals surface area contributed by atoms with Crippen molar-refractivity contribution in [2.75, 3.05) is 42.9 Å². The van der Waals surface area contributed by atoms with Gasteiger partial charge in [0.2, 0.25) is 23.7 Å². The number of aromatic nitrogens is 5. The lowest BCUT2D eigenvalue weighted by Crippen LogP contribution is -2.48. The second-order valence-electron chi connectivity index (χ2n) is 17.3. The number of benzene rings is 2. The van der Waals surface area contributed by atoms with Crippen LogP contribution in [0.15, 0.2) is 77.9 Å². The molecule has 3 aromatic heterocycles. The van der Waals surface area contributed by atoms with Gasteiger partial charge in [-0.05, 0) is 100 Å². The summed E-state index contributed by atoms with van der Waals surface area (Å²) in [5, 5.41) is 14.9. The van der Waals surface area contributed by atoms with E-state index in [4.69, 9.17) is 5.10 Å². The van der Waals surface area contributed by atoms with Gasteiger partial charge in [-0.15, -0.1) is 0 Å². The van der Waals surface area contributed by atoms with Crippen LogP contribution in [0.4, 0.5) is 16.0 Å². The van der Waals surface area contributed by atoms with Crippen molar-refractivity contribution in [3.63, 3.8) is 0 Å². The largest absolute Gasteiger partial charge is 0.369 e. The Morgan fingerprint density at radius 1 is 0.852 bits per heavy atom. The van der Waals surface area contributed by atoms with Crippen molar-refractivity contribution in [3.8, 4) is 16.9 Å². The Bertz CT molecular complexity index is 2480. The van der Waals surface area contributed by atoms with E-state index in [0.717, 1.165) is 106 Å². The van der Waals surface area contributed by atoms with Crippen molar-refractivity contribution < 1.29 is 18.8 Å². The number of nitrogens with zero attached hydrogens (tertiary/aromatic N) is 7. The Kier molecular flexibility index (Phi) is 11.6. The summed E-state index contributed by atoms with van der Waals surface area (Å²) in [6.45, 7) is 4.92. The number of carbonyl (C=O) groups excluding carboxylic acids is 3. The van der Waals surface area contributed by atoms with E-state index >= 15 is 0 Å². The quantitative estimate of drug-likeness (QED) is 0.158. The number of halogens is 1. The molecule has 4 fully saturated rings. The van der Waals surface area contributed by atoms with Gasteiger partial charge < -0.3 is 15.5 Å². The molecule has 4 aliphatic rings. The van der Waals surface area contributed by atoms with Crippen molar-refractivity contribution in [2.45, 2.75) is 82.2 Å². The lowest BCUT2D eigenvalue weighted by molar-refractivity contribution is -0.134. The maximum Gasteiger partial charge on any atom is 0.255 e. The lowest BCUT2D eigenvalue weighted by Gasteiger charge is -2.39. The smallest absolute Gasteiger partial charge is 0.255 e. The van der Waals surface area contributed by atoms with E-state index in [1.807, 2.05) is 11.7 Å². The molecule has 1 unspecified atom stereocenters. The van der Waals surface area contributed by atoms with Gasteiger partial charge in [0.05, 0.1) is 23.3 Å². The summed E-state index contributed by atoms with van der Waals surface area (Å²) in [5.41, 5.74) is 4.05. The predicted octanol–water partition coefficient (Wildman–Crippen LogP) is 5.31. The van der Waals surface area contributed by atoms with Crippen LogP contribution in [0.5, 0.6) is 0 Å². The molecular formula is C46H53FN10O4. The third kappa shape index (κ3) is 8.93. The molecule has 3 amide bonds. The Hall–Kier alpha value is -5.96. The van der Waals surface area contributed by atoms with Gasteiger partial charge in [-0.1, -0.05) is 18.2 Å². The van der Waals surface area contributed by atoms with Crippen LogP contribution >= 0.6 is 0 Å². The number of imide groups is 1. The monoisotopic (exact) mass is 828 g/mol. The predicted molar refractivity (Wildman–Crippen MR) is 231 cm³/mol. The highest BCUT2D eigenvalue weighted by molar-refractivity contribution is 6.02. The van der Waals surface area contributed by atoms with Crippen LogP contribution in [0.2, 0.25) is 0 Å². The number of fused-ring (bicyclic) bond motifs is 1. The number of rotatable bonds is 10. The number of piperazine rings is 1. The fraction of sp³-hybridized carbons (Fsp3) is 0.457. The first-order valence-electron chi connectivity index (χ1n) is 21.8. The minimum absolute atomic E-state index is 0.0615. The van der Waals surface area contributed by atoms with E-state index in [-0.39, 0.29) is 47.0 Å². The summed E-state index contributed by atoms with van der Waals surface area (Å²) in [7, 11) is 1.91. The highest BCUT2D eigenvalue weighted by atomic mass is 19.1. The van der Waals surface area contributed by atoms with Gasteiger partial charge in [-0.25, -0.2) is 14.4 Å². The van der Waals surface area contributed by atoms with Crippen LogP contribution in [0.25, 0.3) is 27.8 Å². The summed E-state index contributed by atoms with van der Waals surface area (Å²) < 4.78 is 18.3. The highest BCUT2D eigenvalue weighted by Crippen LogP contribution is 2.34. The molecule has 15 heteroatoms. The molecular weight excluding hydrogens is 776 g/mol. The van der Waals surface area contributed by atoms with E-state index in [0.29, 0.717) is 36.0 Å². The number of hydrogen-bond donors (Lipinski definition) is 3. The molecule has 2 aliphatic carbocycles. The fourth-order valence-electron chi connectivity index (χ4n) is 9.81. The molecule has 5 aromatic rings. The number of pyridine rings is 1. The number of hydrogen-bond acceptors (Lipinski definition) is 10. The minimum atomic E-state index is -0.538. The summed E-state index contributed by atoms with van der Waals surface area (Å²) in [4.78, 5) is 63.8. The number of anilines is 2. The minimum Gasteiger partial charge on any atom is -0.369 e. The maximum absolute atomic E-state index is 15.0. The second-order valence-corrected chi connectivity index (χ2v) is 17.3. The van der Waals surface area contributed by atoms with Gasteiger partial charge in [0, 0.05) is 98.8 Å². The third-order valence-corrected chi connectivity index (χ3v) is 13.3. The SMILES string of the molecule is Cn1nc(C2CCC(=O)NC2=O)c2ccc(N3CCN(C[C@H]4CC[C@H](C(=O)NC5CCC(Nc6ncc(F)c(-c7cccc(-n8ccccc8=O)c7)n6)CC5)CC4)CC3)cc21. The molecule has 9 rings (SSSR count). The van der Waals surface area contributed by atoms with Crippen molar-refractivity contribution in [1.82, 2.24) is 39.8 Å². The molecule has 2 saturated carbocycles. The Labute approximate surface area is 353 Å². The molecule has 61 heavy (non-hydrogen) atoms. The molecule has 2 aromatic carbocycles. The number of carbonyl (C=O) groups is 3. The third-order valence-electron chi connectivity index (χ3n) is 13.3. The second kappa shape index (κ2) is 17.6. The van der Waals surface area contributed by atoms with E-state index in [1.54, 1.807) is 42.6 Å². The molecule has 2 saturated heterocycles. The molecule has 1 atom stereocenters. The first-order valence-corrected chi connectivity index (χ1v) is 21.8. The standard InChI is InChI=1S/C46H53FN10O4/c1-54-39-26-34(16-17-36(39)43(53-54)37-18-19-40(58)51-45(37)61)56-23-21-55(22-24-56)28-29-8-10-30(11-9-29)44(60)49-32-12-14-33(15-13-32)50-46-48-27-38(47)42(52-46)31-5-4-6-35(25-31)57-20-3-2-7-41(57)59/h2-7,16-17,20,25-27,29-30,32-33,37H,8-15,18-19,21-24,28H2,1H3,(H,49,60)(H,48,50,52)(H,51,58,61)/t29-,30-,32?,33?,37?. The molecule has 0 bridgehead atoms. The number of amides is 3. The van der Waals surface area contributed by atoms with Crippen molar-refractivity contribution in [1.29, 1.82) is 0 Å². The molecule has 5 heterocycles. The van der Waals surface area contributed by atoms with Crippen LogP contribution < -0.4 is 26.4 Å². The number of nitrogens with one attached hydrogen (secondary N) is 3. The van der Waals surface area contributed by atoms with Gasteiger partial charge in [0.25, 0.3) is 5.56 Å². The first-order chi connectivity index (χ1) is 29.6. The van der Waals surface area contributed by atoms with E-state index in [2.05, 4.69) is 53.9 Å². The molecule has 14 nitrogen and oxygen atoms in total. The van der Waals surface area contributed by atoms with Crippen LogP contribution in [-0.4, -0.2) is 91.7 Å². The normalized spacial score (nSPS) is 23.8. The summed E-state index contributed by atoms with van der Waals surface area (Å²) >= 11 is 0. The molecule has 2 aliphatic heterocycles. The van der Waals surface area contributed by atoms with E-state index in [9.17, 15) is 23.6 Å². The zero-order chi connectivity index (χ0) is 42.0. The molecule has 3 N–H and O–H groups in total. The number of aryl methyl sites for hydroxylation is 1. The van der Waals surface area contributed by atoms with Gasteiger partial charge >= 0.3 is 0 Å². The summed E-state index contributed by atoms with van der Waals surface area (Å²) in [6.07, 6.45) is 11.0. The van der Waals surface area contributed by atoms with Gasteiger partial charge in [0.1, 0.15) is 5.69 Å². The van der Waals surface area contributed by atoms with Crippen LogP contribution in [-0.2, 0) is 21.4 Å². The van der Waals surface area contributed by atoms with Gasteiger partial charge in [-0.2, -0.15) is 5.10 Å².